The molecule has 13 N–H and O–H groups in total. The SMILES string of the molecule is C[C@@H](O)C1NC(=O)C(NC(=O)OC(C)(C)C)C[C@@H](O)CNC(=O)[C@@H]2[C@@H](O)[C@@H](C)CN2C(=O)[C@H]([C@H](O)CC(=O)N2CCN(C(=O)OCC3c4ccccc4-c4ccccc43)CC2)NC(=O)[C@H]([C@H](O)Cc2ccc(O)c(OS(=O)(=O)O)c2)NC(=O)[C@@H]2C[C@@H](O)CN2C1=O. The lowest BCUT2D eigenvalue weighted by Gasteiger charge is -2.36. The lowest BCUT2D eigenvalue weighted by atomic mass is 9.98. The highest BCUT2D eigenvalue weighted by molar-refractivity contribution is 7.81. The van der Waals surface area contributed by atoms with Crippen LogP contribution in [0.25, 0.3) is 11.1 Å². The van der Waals surface area contributed by atoms with Gasteiger partial charge in [0.15, 0.2) is 11.5 Å². The number of alkyl carbamates (subject to hydrolysis) is 1. The molecule has 496 valence electrons. The minimum Gasteiger partial charge on any atom is -0.504 e. The quantitative estimate of drug-likeness (QED) is 0.0809. The molecule has 4 fully saturated rings. The molecule has 9 amide bonds. The van der Waals surface area contributed by atoms with E-state index in [2.05, 4.69) is 30.8 Å². The summed E-state index contributed by atoms with van der Waals surface area (Å²) in [5, 5.41) is 91.0. The Morgan fingerprint density at radius 3 is 1.93 bits per heavy atom. The van der Waals surface area contributed by atoms with Crippen molar-refractivity contribution < 1.29 is 106 Å². The van der Waals surface area contributed by atoms with E-state index in [0.717, 1.165) is 57.2 Å². The third-order valence-corrected chi connectivity index (χ3v) is 16.8. The van der Waals surface area contributed by atoms with Gasteiger partial charge in [0.1, 0.15) is 48.5 Å². The fourth-order valence-corrected chi connectivity index (χ4v) is 12.2. The number of ether oxygens (including phenoxy) is 2. The van der Waals surface area contributed by atoms with E-state index >= 15 is 9.59 Å². The number of carbonyl (C=O) groups is 9. The number of aliphatic hydroxyl groups is 6. The average Bonchev–Trinajstić information content (AvgIpc) is 1.65. The van der Waals surface area contributed by atoms with Crippen LogP contribution in [0.15, 0.2) is 66.7 Å². The molecule has 4 heterocycles. The molecule has 3 aromatic carbocycles. The van der Waals surface area contributed by atoms with Crippen molar-refractivity contribution in [2.75, 3.05) is 52.4 Å². The molecule has 5 aliphatic rings. The summed E-state index contributed by atoms with van der Waals surface area (Å²) >= 11 is 0. The number of phenols is 1. The molecular formula is C59H77N9O22S. The van der Waals surface area contributed by atoms with Crippen LogP contribution in [0.4, 0.5) is 9.59 Å². The topological polar surface area (TPSA) is 450 Å². The maximum atomic E-state index is 15.2. The monoisotopic (exact) mass is 1300 g/mol. The highest BCUT2D eigenvalue weighted by atomic mass is 32.3. The largest absolute Gasteiger partial charge is 0.504 e. The Bertz CT molecular complexity index is 3310. The Balaban J connectivity index is 1.10. The van der Waals surface area contributed by atoms with Gasteiger partial charge in [0.2, 0.25) is 41.4 Å². The number of β-amino-alcohol motifs (C(OH)–C–C–N with tert-alkyl or cyclic N) is 1. The smallest absolute Gasteiger partial charge is 0.446 e. The Hall–Kier alpha value is -8.24. The van der Waals surface area contributed by atoms with Gasteiger partial charge in [-0.15, -0.1) is 0 Å². The van der Waals surface area contributed by atoms with E-state index in [1.807, 2.05) is 48.5 Å². The molecule has 0 bridgehead atoms. The number of phenolic OH excluding ortho intramolecular Hbond substituents is 1. The number of hydrogen-bond donors (Lipinski definition) is 13. The summed E-state index contributed by atoms with van der Waals surface area (Å²) in [6, 6.07) is 6.29. The first-order chi connectivity index (χ1) is 42.8. The van der Waals surface area contributed by atoms with Crippen molar-refractivity contribution in [3.63, 3.8) is 0 Å². The van der Waals surface area contributed by atoms with Gasteiger partial charge in [-0.1, -0.05) is 61.5 Å². The van der Waals surface area contributed by atoms with Crippen LogP contribution < -0.4 is 30.8 Å². The van der Waals surface area contributed by atoms with Gasteiger partial charge in [0.05, 0.1) is 43.0 Å². The number of aliphatic hydroxyl groups excluding tert-OH is 6. The standard InChI is InChI=1S/C59H77N9O22S/c1-29-26-68-49(50(29)76)54(80)60-25-32(70)22-39(61-57(83)89-59(3,4)5)51(77)62-46(30(2)69)55(81)67-27-33(71)23-40(67)52(78)63-47(42(73)20-31-14-15-41(72)44(21-31)90-91(85,86)87)53(79)64-48(56(68)82)43(74)24-45(75)65-16-18-66(19-17-65)58(84)88-28-38-36-12-8-6-10-34(36)35-11-7-9-13-37(35)38/h6-15,21,29-30,32-33,38-40,42-43,46-50,69-74,76H,16-20,22-28H2,1-5H3,(H,60,80)(H,61,83)(H,62,77)(H,63,78)(H,64,79)(H,85,86,87)/t29-,30+,32+,33+,39?,40-,42+,43+,46?,47-,48-,49-,50-/m0/s1. The summed E-state index contributed by atoms with van der Waals surface area (Å²) < 4.78 is 48.3. The second-order valence-corrected chi connectivity index (χ2v) is 25.4. The van der Waals surface area contributed by atoms with E-state index in [4.69, 9.17) is 9.47 Å². The number of benzene rings is 3. The van der Waals surface area contributed by atoms with Crippen LogP contribution >= 0.6 is 0 Å². The van der Waals surface area contributed by atoms with Gasteiger partial charge in [-0.3, -0.25) is 38.1 Å². The van der Waals surface area contributed by atoms with Crippen LogP contribution in [0.1, 0.15) is 76.5 Å². The van der Waals surface area contributed by atoms with Crippen molar-refractivity contribution in [2.24, 2.45) is 5.92 Å². The summed E-state index contributed by atoms with van der Waals surface area (Å²) in [5.74, 6) is -11.3. The Labute approximate surface area is 522 Å². The normalized spacial score (nSPS) is 26.7. The van der Waals surface area contributed by atoms with Gasteiger partial charge in [0, 0.05) is 76.9 Å². The van der Waals surface area contributed by atoms with Crippen molar-refractivity contribution in [2.45, 2.75) is 145 Å². The zero-order chi connectivity index (χ0) is 66.6. The number of amides is 9. The predicted molar refractivity (Wildman–Crippen MR) is 315 cm³/mol. The zero-order valence-electron chi connectivity index (χ0n) is 50.4. The number of fused-ring (bicyclic) bond motifs is 5. The number of hydrogen-bond acceptors (Lipinski definition) is 21. The van der Waals surface area contributed by atoms with Crippen LogP contribution in [-0.4, -0.2) is 253 Å². The molecule has 32 heteroatoms. The molecule has 13 atom stereocenters. The molecule has 0 aromatic heterocycles. The highest BCUT2D eigenvalue weighted by Gasteiger charge is 2.50. The minimum atomic E-state index is -5.26. The third-order valence-electron chi connectivity index (χ3n) is 16.4. The first kappa shape index (κ1) is 68.7. The second kappa shape index (κ2) is 28.5. The van der Waals surface area contributed by atoms with Gasteiger partial charge in [-0.2, -0.15) is 8.42 Å². The van der Waals surface area contributed by atoms with Gasteiger partial charge < -0.3 is 95.6 Å². The van der Waals surface area contributed by atoms with E-state index in [0.29, 0.717) is 0 Å². The number of nitrogens with zero attached hydrogens (tertiary/aromatic N) is 4. The van der Waals surface area contributed by atoms with Crippen molar-refractivity contribution in [1.29, 1.82) is 0 Å². The number of aromatic hydroxyl groups is 1. The van der Waals surface area contributed by atoms with Crippen LogP contribution in [0, 0.1) is 5.92 Å². The van der Waals surface area contributed by atoms with Crippen LogP contribution in [-0.2, 0) is 59.9 Å². The van der Waals surface area contributed by atoms with E-state index in [1.165, 1.54) is 37.5 Å². The van der Waals surface area contributed by atoms with Gasteiger partial charge >= 0.3 is 22.6 Å². The fraction of sp³-hybridized carbons (Fsp3) is 0.542. The average molecular weight is 1300 g/mol. The lowest BCUT2D eigenvalue weighted by Crippen LogP contribution is -2.64. The fourth-order valence-electron chi connectivity index (χ4n) is 11.8. The van der Waals surface area contributed by atoms with E-state index in [9.17, 15) is 82.3 Å². The predicted octanol–water partition coefficient (Wildman–Crippen LogP) is -2.90. The first-order valence-electron chi connectivity index (χ1n) is 29.5. The Morgan fingerprint density at radius 2 is 1.32 bits per heavy atom. The van der Waals surface area contributed by atoms with Crippen molar-refractivity contribution in [3.05, 3.63) is 83.4 Å². The van der Waals surface area contributed by atoms with E-state index < -0.39 is 205 Å². The molecule has 0 radical (unpaired) electrons. The van der Waals surface area contributed by atoms with Gasteiger partial charge in [-0.25, -0.2) is 9.59 Å². The highest BCUT2D eigenvalue weighted by Crippen LogP contribution is 2.44. The summed E-state index contributed by atoms with van der Waals surface area (Å²) in [4.78, 5) is 133. The molecule has 4 aliphatic heterocycles. The molecule has 8 rings (SSSR count). The first-order valence-corrected chi connectivity index (χ1v) is 30.9. The number of carbonyl (C=O) groups excluding carboxylic acids is 9. The molecule has 31 nitrogen and oxygen atoms in total. The van der Waals surface area contributed by atoms with Crippen LogP contribution in [0.3, 0.4) is 0 Å². The lowest BCUT2D eigenvalue weighted by molar-refractivity contribution is -0.148. The summed E-state index contributed by atoms with van der Waals surface area (Å²) in [5.41, 5.74) is 2.75. The summed E-state index contributed by atoms with van der Waals surface area (Å²) in [7, 11) is -5.26. The van der Waals surface area contributed by atoms with Gasteiger partial charge in [0.25, 0.3) is 0 Å². The maximum absolute atomic E-state index is 15.2. The van der Waals surface area contributed by atoms with E-state index in [-0.39, 0.29) is 44.3 Å². The van der Waals surface area contributed by atoms with E-state index in [1.54, 1.807) is 0 Å². The zero-order valence-corrected chi connectivity index (χ0v) is 51.2. The van der Waals surface area contributed by atoms with Crippen molar-refractivity contribution in [3.8, 4) is 22.6 Å². The molecule has 0 spiro atoms. The number of rotatable bonds is 12. The minimum absolute atomic E-state index is 0.0174. The van der Waals surface area contributed by atoms with Gasteiger partial charge in [-0.05, 0) is 67.6 Å². The van der Waals surface area contributed by atoms with Crippen molar-refractivity contribution in [1.82, 2.24) is 46.2 Å². The van der Waals surface area contributed by atoms with Crippen molar-refractivity contribution >= 4 is 63.9 Å². The summed E-state index contributed by atoms with van der Waals surface area (Å²) in [6.45, 7) is 4.95. The molecule has 91 heavy (non-hydrogen) atoms. The Kier molecular flexibility index (Phi) is 21.5. The molecule has 3 aromatic rings. The molecule has 0 saturated carbocycles. The number of nitrogens with one attached hydrogen (secondary N) is 5. The molecular weight excluding hydrogens is 1220 g/mol. The summed E-state index contributed by atoms with van der Waals surface area (Å²) in [6.07, 6.45) is -16.1. The van der Waals surface area contributed by atoms with Crippen LogP contribution in [0.2, 0.25) is 0 Å². The Morgan fingerprint density at radius 1 is 0.725 bits per heavy atom. The molecule has 4 saturated heterocycles. The third kappa shape index (κ3) is 16.6. The number of piperazine rings is 1. The molecule has 1 aliphatic carbocycles. The maximum Gasteiger partial charge on any atom is 0.446 e. The molecule has 2 unspecified atom stereocenters. The van der Waals surface area contributed by atoms with Crippen LogP contribution in [0.5, 0.6) is 11.5 Å². The second-order valence-electron chi connectivity index (χ2n) is 24.4.